The zero-order chi connectivity index (χ0) is 9.80. The molecule has 3 fully saturated rings. The molecule has 0 aromatic heterocycles. The van der Waals surface area contributed by atoms with Crippen molar-refractivity contribution in [2.24, 2.45) is 28.9 Å². The maximum atomic E-state index is 6.15. The number of rotatable bonds is 1. The second-order valence-corrected chi connectivity index (χ2v) is 5.41. The minimum Gasteiger partial charge on any atom is -0.380 e. The molecular formula is C11H21NO. The molecule has 0 radical (unpaired) electrons. The molecule has 0 aromatic carbocycles. The molecule has 0 amide bonds. The molecule has 3 rings (SSSR count). The van der Waals surface area contributed by atoms with Crippen LogP contribution in [0, 0.1) is 23.2 Å². The van der Waals surface area contributed by atoms with Crippen LogP contribution in [-0.2, 0) is 4.74 Å². The van der Waals surface area contributed by atoms with E-state index in [1.807, 2.05) is 0 Å². The Hall–Kier alpha value is -0.0800. The summed E-state index contributed by atoms with van der Waals surface area (Å²) in [6.45, 7) is 7.00. The summed E-state index contributed by atoms with van der Waals surface area (Å²) < 4.78 is 5.53. The highest BCUT2D eigenvalue weighted by Gasteiger charge is 2.60. The van der Waals surface area contributed by atoms with Gasteiger partial charge in [-0.2, -0.15) is 0 Å². The molecule has 5 atom stereocenters. The molecule has 0 spiro atoms. The van der Waals surface area contributed by atoms with Crippen LogP contribution in [0.2, 0.25) is 0 Å². The van der Waals surface area contributed by atoms with Gasteiger partial charge in [0, 0.05) is 13.2 Å². The molecule has 2 heteroatoms. The standard InChI is InChI=1S/C11H21NO/c1-6-7-5-8(11(7,2)3)10(13-4)9(6)12/h6-10H,5,12H2,1-4H3. The number of hydrogen-bond acceptors (Lipinski definition) is 2. The van der Waals surface area contributed by atoms with Gasteiger partial charge < -0.3 is 10.5 Å². The fraction of sp³-hybridized carbons (Fsp3) is 1.00. The largest absolute Gasteiger partial charge is 0.380 e. The molecule has 76 valence electrons. The van der Waals surface area contributed by atoms with Crippen molar-refractivity contribution in [2.75, 3.05) is 7.11 Å². The average molecular weight is 183 g/mol. The Balaban J connectivity index is 2.23. The molecule has 0 aromatic rings. The van der Waals surface area contributed by atoms with Gasteiger partial charge in [0.15, 0.2) is 0 Å². The topological polar surface area (TPSA) is 35.2 Å². The first-order valence-corrected chi connectivity index (χ1v) is 5.28. The van der Waals surface area contributed by atoms with Crippen molar-refractivity contribution in [1.82, 2.24) is 0 Å². The van der Waals surface area contributed by atoms with Crippen molar-refractivity contribution >= 4 is 0 Å². The van der Waals surface area contributed by atoms with E-state index in [-0.39, 0.29) is 12.1 Å². The van der Waals surface area contributed by atoms with Gasteiger partial charge >= 0.3 is 0 Å². The molecule has 2 nitrogen and oxygen atoms in total. The summed E-state index contributed by atoms with van der Waals surface area (Å²) in [5.74, 6) is 2.12. The molecule has 13 heavy (non-hydrogen) atoms. The number of ether oxygens (including phenoxy) is 1. The minimum atomic E-state index is 0.252. The third-order valence-corrected chi connectivity index (χ3v) is 4.71. The van der Waals surface area contributed by atoms with Gasteiger partial charge in [0.1, 0.15) is 0 Å². The summed E-state index contributed by atoms with van der Waals surface area (Å²) in [7, 11) is 1.80. The van der Waals surface area contributed by atoms with Crippen molar-refractivity contribution in [2.45, 2.75) is 39.3 Å². The van der Waals surface area contributed by atoms with Crippen LogP contribution in [-0.4, -0.2) is 19.3 Å². The number of methoxy groups -OCH3 is 1. The highest BCUT2D eigenvalue weighted by atomic mass is 16.5. The Morgan fingerprint density at radius 3 is 2.38 bits per heavy atom. The quantitative estimate of drug-likeness (QED) is 0.670. The van der Waals surface area contributed by atoms with Gasteiger partial charge in [-0.05, 0) is 29.6 Å². The molecule has 0 saturated heterocycles. The van der Waals surface area contributed by atoms with E-state index < -0.39 is 0 Å². The van der Waals surface area contributed by atoms with Gasteiger partial charge in [0.05, 0.1) is 6.10 Å². The van der Waals surface area contributed by atoms with E-state index in [1.165, 1.54) is 6.42 Å². The van der Waals surface area contributed by atoms with Crippen LogP contribution in [0.3, 0.4) is 0 Å². The van der Waals surface area contributed by atoms with E-state index in [1.54, 1.807) is 7.11 Å². The van der Waals surface area contributed by atoms with Crippen LogP contribution in [0.5, 0.6) is 0 Å². The lowest BCUT2D eigenvalue weighted by Crippen LogP contribution is -2.67. The van der Waals surface area contributed by atoms with Crippen LogP contribution in [0.15, 0.2) is 0 Å². The van der Waals surface area contributed by atoms with Crippen LogP contribution in [0.1, 0.15) is 27.2 Å². The van der Waals surface area contributed by atoms with Gasteiger partial charge in [-0.1, -0.05) is 20.8 Å². The van der Waals surface area contributed by atoms with Crippen molar-refractivity contribution in [1.29, 1.82) is 0 Å². The normalized spacial score (nSPS) is 52.8. The van der Waals surface area contributed by atoms with E-state index in [2.05, 4.69) is 20.8 Å². The molecule has 3 aliphatic rings. The third-order valence-electron chi connectivity index (χ3n) is 4.71. The molecule has 2 N–H and O–H groups in total. The summed E-state index contributed by atoms with van der Waals surface area (Å²) in [6.07, 6.45) is 1.61. The highest BCUT2D eigenvalue weighted by molar-refractivity contribution is 5.11. The maximum Gasteiger partial charge on any atom is 0.0758 e. The van der Waals surface area contributed by atoms with Crippen molar-refractivity contribution in [3.05, 3.63) is 0 Å². The fourth-order valence-electron chi connectivity index (χ4n) is 3.60. The van der Waals surface area contributed by atoms with Crippen molar-refractivity contribution in [3.63, 3.8) is 0 Å². The SMILES string of the molecule is COC1C(N)C(C)C2CC1C2(C)C. The van der Waals surface area contributed by atoms with E-state index in [0.717, 1.165) is 5.92 Å². The Labute approximate surface area is 80.8 Å². The Morgan fingerprint density at radius 1 is 1.31 bits per heavy atom. The molecule has 0 heterocycles. The Kier molecular flexibility index (Phi) is 1.97. The lowest BCUT2D eigenvalue weighted by atomic mass is 9.44. The van der Waals surface area contributed by atoms with Crippen LogP contribution in [0.4, 0.5) is 0 Å². The zero-order valence-corrected chi connectivity index (χ0v) is 9.08. The predicted molar refractivity (Wildman–Crippen MR) is 53.3 cm³/mol. The summed E-state index contributed by atoms with van der Waals surface area (Å²) >= 11 is 0. The zero-order valence-electron chi connectivity index (χ0n) is 9.08. The third kappa shape index (κ3) is 1.02. The van der Waals surface area contributed by atoms with Gasteiger partial charge in [0.25, 0.3) is 0 Å². The Morgan fingerprint density at radius 2 is 1.92 bits per heavy atom. The summed E-state index contributed by atoms with van der Waals surface area (Å²) in [5.41, 5.74) is 6.60. The minimum absolute atomic E-state index is 0.252. The van der Waals surface area contributed by atoms with E-state index in [0.29, 0.717) is 17.3 Å². The maximum absolute atomic E-state index is 6.15. The monoisotopic (exact) mass is 183 g/mol. The van der Waals surface area contributed by atoms with Crippen molar-refractivity contribution in [3.8, 4) is 0 Å². The first-order valence-electron chi connectivity index (χ1n) is 5.28. The lowest BCUT2D eigenvalue weighted by Gasteiger charge is -2.64. The first-order chi connectivity index (χ1) is 6.00. The molecule has 5 unspecified atom stereocenters. The van der Waals surface area contributed by atoms with Gasteiger partial charge in [-0.15, -0.1) is 0 Å². The van der Waals surface area contributed by atoms with Gasteiger partial charge in [0.2, 0.25) is 0 Å². The van der Waals surface area contributed by atoms with Crippen LogP contribution < -0.4 is 5.73 Å². The summed E-state index contributed by atoms with van der Waals surface area (Å²) in [4.78, 5) is 0. The smallest absolute Gasteiger partial charge is 0.0758 e. The number of hydrogen-bond donors (Lipinski definition) is 1. The van der Waals surface area contributed by atoms with Crippen LogP contribution in [0.25, 0.3) is 0 Å². The van der Waals surface area contributed by atoms with Crippen LogP contribution >= 0.6 is 0 Å². The van der Waals surface area contributed by atoms with Gasteiger partial charge in [-0.3, -0.25) is 0 Å². The number of fused-ring (bicyclic) bond motifs is 2. The molecular weight excluding hydrogens is 162 g/mol. The Bertz CT molecular complexity index is 214. The predicted octanol–water partition coefficient (Wildman–Crippen LogP) is 1.64. The van der Waals surface area contributed by atoms with E-state index in [9.17, 15) is 0 Å². The average Bonchev–Trinajstić information content (AvgIpc) is 2.08. The second-order valence-electron chi connectivity index (χ2n) is 5.41. The molecule has 2 bridgehead atoms. The first kappa shape index (κ1) is 9.47. The van der Waals surface area contributed by atoms with Crippen molar-refractivity contribution < 1.29 is 4.74 Å². The molecule has 3 saturated carbocycles. The fourth-order valence-corrected chi connectivity index (χ4v) is 3.60. The van der Waals surface area contributed by atoms with E-state index >= 15 is 0 Å². The second kappa shape index (κ2) is 2.71. The summed E-state index contributed by atoms with van der Waals surface area (Å²) in [6, 6.07) is 0.252. The summed E-state index contributed by atoms with van der Waals surface area (Å²) in [5, 5.41) is 0. The highest BCUT2D eigenvalue weighted by Crippen LogP contribution is 2.61. The van der Waals surface area contributed by atoms with E-state index in [4.69, 9.17) is 10.5 Å². The number of nitrogens with two attached hydrogens (primary N) is 1. The molecule has 0 aliphatic heterocycles. The molecule has 3 aliphatic carbocycles. The lowest BCUT2D eigenvalue weighted by molar-refractivity contribution is -0.187. The van der Waals surface area contributed by atoms with Gasteiger partial charge in [-0.25, -0.2) is 0 Å².